The van der Waals surface area contributed by atoms with E-state index in [4.69, 9.17) is 0 Å². The van der Waals surface area contributed by atoms with Crippen molar-refractivity contribution in [1.29, 1.82) is 0 Å². The summed E-state index contributed by atoms with van der Waals surface area (Å²) in [5.74, 6) is 0. The molecular weight excluding hydrogens is 68.0 g/mol. The lowest BCUT2D eigenvalue weighted by molar-refractivity contribution is 0.0950. The Bertz CT molecular complexity index is 31.9. The minimum absolute atomic E-state index is 0.00926. The highest BCUT2D eigenvalue weighted by atomic mass is 16.8. The van der Waals surface area contributed by atoms with Crippen LogP contribution in [-0.4, -0.2) is 13.4 Å². The van der Waals surface area contributed by atoms with E-state index in [0.717, 1.165) is 0 Å². The molecular formula is C3H5O2. The summed E-state index contributed by atoms with van der Waals surface area (Å²) in [6.45, 7) is 1.62. The third-order valence-electron chi connectivity index (χ3n) is 0.480. The maximum Gasteiger partial charge on any atom is 0.186 e. The van der Waals surface area contributed by atoms with Crippen LogP contribution in [0.25, 0.3) is 0 Å². The first kappa shape index (κ1) is 3.12. The highest BCUT2D eigenvalue weighted by molar-refractivity contribution is 4.70. The molecule has 2 heteroatoms. The van der Waals surface area contributed by atoms with Crippen LogP contribution in [0.4, 0.5) is 0 Å². The van der Waals surface area contributed by atoms with Gasteiger partial charge < -0.3 is 9.47 Å². The van der Waals surface area contributed by atoms with Gasteiger partial charge in [0.2, 0.25) is 0 Å². The second-order valence-electron chi connectivity index (χ2n) is 0.876. The number of methoxy groups -OCH3 is 1. The average molecular weight is 73.1 g/mol. The van der Waals surface area contributed by atoms with Crippen molar-refractivity contribution in [3.05, 3.63) is 6.61 Å². The van der Waals surface area contributed by atoms with E-state index in [1.54, 1.807) is 13.7 Å². The molecule has 5 heavy (non-hydrogen) atoms. The standard InChI is InChI=1S/C3H5O2/c1-4-3-2-5-3/h2-3H,1H3. The molecule has 1 saturated heterocycles. The molecule has 0 aromatic heterocycles. The van der Waals surface area contributed by atoms with Crippen molar-refractivity contribution in [2.45, 2.75) is 6.29 Å². The number of hydrogen-bond donors (Lipinski definition) is 0. The van der Waals surface area contributed by atoms with Crippen molar-refractivity contribution in [2.24, 2.45) is 0 Å². The molecule has 1 aliphatic heterocycles. The smallest absolute Gasteiger partial charge is 0.186 e. The lowest BCUT2D eigenvalue weighted by Crippen LogP contribution is -1.81. The first-order chi connectivity index (χ1) is 2.43. The Morgan fingerprint density at radius 1 is 2.00 bits per heavy atom. The summed E-state index contributed by atoms with van der Waals surface area (Å²) >= 11 is 0. The average Bonchev–Trinajstić information content (AvgIpc) is 2.12. The van der Waals surface area contributed by atoms with Gasteiger partial charge in [-0.3, -0.25) is 0 Å². The van der Waals surface area contributed by atoms with Gasteiger partial charge in [-0.05, 0) is 0 Å². The minimum Gasteiger partial charge on any atom is -0.353 e. The van der Waals surface area contributed by atoms with Crippen LogP contribution in [0.3, 0.4) is 0 Å². The molecule has 1 unspecified atom stereocenters. The van der Waals surface area contributed by atoms with Gasteiger partial charge in [0.05, 0.1) is 0 Å². The van der Waals surface area contributed by atoms with E-state index in [2.05, 4.69) is 9.47 Å². The Balaban J connectivity index is 2.00. The SMILES string of the molecule is COC1[CH]O1. The van der Waals surface area contributed by atoms with Gasteiger partial charge in [-0.2, -0.15) is 0 Å². The lowest BCUT2D eigenvalue weighted by Gasteiger charge is -1.76. The van der Waals surface area contributed by atoms with E-state index in [-0.39, 0.29) is 6.29 Å². The van der Waals surface area contributed by atoms with Crippen LogP contribution >= 0.6 is 0 Å². The molecule has 0 amide bonds. The topological polar surface area (TPSA) is 21.8 Å². The summed E-state index contributed by atoms with van der Waals surface area (Å²) in [7, 11) is 1.61. The molecule has 1 heterocycles. The van der Waals surface area contributed by atoms with Gasteiger partial charge in [-0.15, -0.1) is 0 Å². The fraction of sp³-hybridized carbons (Fsp3) is 0.667. The molecule has 1 fully saturated rings. The molecule has 0 N–H and O–H groups in total. The molecule has 0 aromatic rings. The van der Waals surface area contributed by atoms with Crippen molar-refractivity contribution in [1.82, 2.24) is 0 Å². The number of hydrogen-bond acceptors (Lipinski definition) is 2. The van der Waals surface area contributed by atoms with Gasteiger partial charge in [0.15, 0.2) is 6.29 Å². The zero-order valence-electron chi connectivity index (χ0n) is 2.97. The highest BCUT2D eigenvalue weighted by Crippen LogP contribution is 2.14. The monoisotopic (exact) mass is 73.0 g/mol. The quantitative estimate of drug-likeness (QED) is 0.412. The second-order valence-corrected chi connectivity index (χ2v) is 0.876. The fourth-order valence-electron chi connectivity index (χ4n) is 0.143. The molecule has 0 spiro atoms. The van der Waals surface area contributed by atoms with Crippen molar-refractivity contribution in [2.75, 3.05) is 7.11 Å². The van der Waals surface area contributed by atoms with Crippen LogP contribution in [-0.2, 0) is 9.47 Å². The first-order valence-corrected chi connectivity index (χ1v) is 1.45. The van der Waals surface area contributed by atoms with Crippen LogP contribution < -0.4 is 0 Å². The maximum atomic E-state index is 4.58. The van der Waals surface area contributed by atoms with Crippen LogP contribution in [0.5, 0.6) is 0 Å². The van der Waals surface area contributed by atoms with Crippen LogP contribution in [0.2, 0.25) is 0 Å². The minimum atomic E-state index is 0.00926. The number of ether oxygens (including phenoxy) is 2. The lowest BCUT2D eigenvalue weighted by atomic mass is 10.9. The Morgan fingerprint density at radius 3 is 2.60 bits per heavy atom. The van der Waals surface area contributed by atoms with Crippen LogP contribution in [0.15, 0.2) is 0 Å². The second kappa shape index (κ2) is 0.954. The zero-order valence-corrected chi connectivity index (χ0v) is 2.97. The van der Waals surface area contributed by atoms with E-state index in [9.17, 15) is 0 Å². The van der Waals surface area contributed by atoms with Gasteiger partial charge >= 0.3 is 0 Å². The number of epoxide rings is 1. The molecule has 0 aliphatic carbocycles. The summed E-state index contributed by atoms with van der Waals surface area (Å²) in [4.78, 5) is 0. The van der Waals surface area contributed by atoms with E-state index >= 15 is 0 Å². The Kier molecular flexibility index (Phi) is 0.596. The molecule has 1 rings (SSSR count). The fourth-order valence-corrected chi connectivity index (χ4v) is 0.143. The van der Waals surface area contributed by atoms with Crippen molar-refractivity contribution in [3.8, 4) is 0 Å². The third kappa shape index (κ3) is 0.597. The van der Waals surface area contributed by atoms with E-state index in [1.807, 2.05) is 0 Å². The summed E-state index contributed by atoms with van der Waals surface area (Å²) < 4.78 is 9.09. The zero-order chi connectivity index (χ0) is 3.70. The Morgan fingerprint density at radius 2 is 2.60 bits per heavy atom. The largest absolute Gasteiger partial charge is 0.353 e. The van der Waals surface area contributed by atoms with Crippen molar-refractivity contribution >= 4 is 0 Å². The Hall–Kier alpha value is -0.0800. The van der Waals surface area contributed by atoms with Gasteiger partial charge in [-0.25, -0.2) is 0 Å². The van der Waals surface area contributed by atoms with Gasteiger partial charge in [-0.1, -0.05) is 0 Å². The molecule has 1 radical (unpaired) electrons. The van der Waals surface area contributed by atoms with E-state index in [0.29, 0.717) is 0 Å². The molecule has 1 aliphatic rings. The maximum absolute atomic E-state index is 4.58. The molecule has 1 atom stereocenters. The van der Waals surface area contributed by atoms with E-state index < -0.39 is 0 Å². The van der Waals surface area contributed by atoms with Crippen molar-refractivity contribution in [3.63, 3.8) is 0 Å². The normalized spacial score (nSPS) is 34.2. The highest BCUT2D eigenvalue weighted by Gasteiger charge is 2.21. The molecule has 29 valence electrons. The van der Waals surface area contributed by atoms with Crippen molar-refractivity contribution < 1.29 is 9.47 Å². The molecule has 0 bridgehead atoms. The summed E-state index contributed by atoms with van der Waals surface area (Å²) in [6.07, 6.45) is 0.00926. The third-order valence-corrected chi connectivity index (χ3v) is 0.480. The molecule has 2 nitrogen and oxygen atoms in total. The van der Waals surface area contributed by atoms with Gasteiger partial charge in [0.1, 0.15) is 6.61 Å². The molecule has 0 aromatic carbocycles. The molecule has 0 saturated carbocycles. The Labute approximate surface area is 30.7 Å². The van der Waals surface area contributed by atoms with Crippen LogP contribution in [0.1, 0.15) is 0 Å². The predicted molar refractivity (Wildman–Crippen MR) is 16.2 cm³/mol. The van der Waals surface area contributed by atoms with E-state index in [1.165, 1.54) is 0 Å². The summed E-state index contributed by atoms with van der Waals surface area (Å²) in [5, 5.41) is 0. The predicted octanol–water partition coefficient (Wildman–Crippen LogP) is 0.151. The van der Waals surface area contributed by atoms with Crippen LogP contribution in [0, 0.1) is 6.61 Å². The van der Waals surface area contributed by atoms with Gasteiger partial charge in [0.25, 0.3) is 0 Å². The van der Waals surface area contributed by atoms with Gasteiger partial charge in [0, 0.05) is 7.11 Å². The summed E-state index contributed by atoms with van der Waals surface area (Å²) in [6, 6.07) is 0. The first-order valence-electron chi connectivity index (χ1n) is 1.45. The summed E-state index contributed by atoms with van der Waals surface area (Å²) in [5.41, 5.74) is 0. The number of rotatable bonds is 1.